The standard InChI is InChI=1S/C28H35ClN6O4S/c1-38-26-17-22(34-11-9-21(10-12-34)35-13-15-39-16-14-35)7-8-25(26)32-28-30-18-23(29)27(33-28)31-24-6-4-3-5-20(24)19-40(2,36)37/h3-8,17-18,21H,9-16,19H2,1-2H3,(H2,30,31,32,33). The summed E-state index contributed by atoms with van der Waals surface area (Å²) in [5, 5.41) is 6.70. The summed E-state index contributed by atoms with van der Waals surface area (Å²) in [6.07, 6.45) is 4.96. The highest BCUT2D eigenvalue weighted by Crippen LogP contribution is 2.34. The molecule has 12 heteroatoms. The number of hydrogen-bond acceptors (Lipinski definition) is 10. The van der Waals surface area contributed by atoms with Crippen LogP contribution in [0.25, 0.3) is 0 Å². The van der Waals surface area contributed by atoms with Gasteiger partial charge in [0.25, 0.3) is 0 Å². The number of morpholine rings is 1. The highest BCUT2D eigenvalue weighted by molar-refractivity contribution is 7.89. The van der Waals surface area contributed by atoms with Gasteiger partial charge in [-0.25, -0.2) is 13.4 Å². The molecular weight excluding hydrogens is 552 g/mol. The maximum absolute atomic E-state index is 11.9. The normalized spacial score (nSPS) is 17.0. The van der Waals surface area contributed by atoms with Gasteiger partial charge in [-0.1, -0.05) is 29.8 Å². The third kappa shape index (κ3) is 7.14. The van der Waals surface area contributed by atoms with E-state index in [1.807, 2.05) is 18.2 Å². The number of nitrogens with one attached hydrogen (secondary N) is 2. The fourth-order valence-corrected chi connectivity index (χ4v) is 6.18. The van der Waals surface area contributed by atoms with Crippen LogP contribution in [0.5, 0.6) is 5.75 Å². The maximum atomic E-state index is 11.9. The number of anilines is 5. The fraction of sp³-hybridized carbons (Fsp3) is 0.429. The Morgan fingerprint density at radius 3 is 2.52 bits per heavy atom. The molecule has 0 bridgehead atoms. The molecule has 2 fully saturated rings. The number of aromatic nitrogens is 2. The minimum atomic E-state index is -3.22. The maximum Gasteiger partial charge on any atom is 0.229 e. The molecule has 3 heterocycles. The van der Waals surface area contributed by atoms with Crippen molar-refractivity contribution in [2.45, 2.75) is 24.6 Å². The summed E-state index contributed by atoms with van der Waals surface area (Å²) in [5.74, 6) is 1.27. The van der Waals surface area contributed by atoms with Crippen molar-refractivity contribution in [3.05, 3.63) is 59.2 Å². The van der Waals surface area contributed by atoms with Gasteiger partial charge in [-0.2, -0.15) is 4.98 Å². The van der Waals surface area contributed by atoms with E-state index in [0.717, 1.165) is 63.6 Å². The van der Waals surface area contributed by atoms with Gasteiger partial charge in [0.15, 0.2) is 15.7 Å². The Hall–Kier alpha value is -3.12. The molecule has 2 N–H and O–H groups in total. The van der Waals surface area contributed by atoms with Crippen molar-refractivity contribution in [3.8, 4) is 5.75 Å². The first kappa shape index (κ1) is 28.4. The van der Waals surface area contributed by atoms with Gasteiger partial charge >= 0.3 is 0 Å². The quantitative estimate of drug-likeness (QED) is 0.373. The monoisotopic (exact) mass is 586 g/mol. The average molecular weight is 587 g/mol. The lowest BCUT2D eigenvalue weighted by Crippen LogP contribution is -2.49. The van der Waals surface area contributed by atoms with Crippen LogP contribution in [-0.2, 0) is 20.3 Å². The summed E-state index contributed by atoms with van der Waals surface area (Å²) in [6, 6.07) is 13.9. The molecule has 2 aliphatic heterocycles. The summed E-state index contributed by atoms with van der Waals surface area (Å²) in [7, 11) is -1.58. The van der Waals surface area contributed by atoms with E-state index >= 15 is 0 Å². The second-order valence-electron chi connectivity index (χ2n) is 10.1. The van der Waals surface area contributed by atoms with Crippen molar-refractivity contribution in [3.63, 3.8) is 0 Å². The third-order valence-corrected chi connectivity index (χ3v) is 8.37. The lowest BCUT2D eigenvalue weighted by molar-refractivity contribution is 0.0115. The van der Waals surface area contributed by atoms with Crippen molar-refractivity contribution in [2.75, 3.05) is 68.3 Å². The highest BCUT2D eigenvalue weighted by Gasteiger charge is 2.26. The van der Waals surface area contributed by atoms with Gasteiger partial charge in [0, 0.05) is 55.9 Å². The topological polar surface area (TPSA) is 109 Å². The molecule has 0 spiro atoms. The summed E-state index contributed by atoms with van der Waals surface area (Å²) < 4.78 is 35.0. The summed E-state index contributed by atoms with van der Waals surface area (Å²) in [4.78, 5) is 13.8. The number of benzene rings is 2. The number of halogens is 1. The Balaban J connectivity index is 1.28. The second kappa shape index (κ2) is 12.6. The Bertz CT molecular complexity index is 1430. The molecule has 3 aromatic rings. The van der Waals surface area contributed by atoms with Gasteiger partial charge in [-0.05, 0) is 36.6 Å². The largest absolute Gasteiger partial charge is 0.494 e. The third-order valence-electron chi connectivity index (χ3n) is 7.26. The molecular formula is C28H35ClN6O4S. The van der Waals surface area contributed by atoms with Crippen LogP contribution in [0, 0.1) is 0 Å². The zero-order valence-electron chi connectivity index (χ0n) is 22.8. The Morgan fingerprint density at radius 1 is 1.05 bits per heavy atom. The lowest BCUT2D eigenvalue weighted by Gasteiger charge is -2.40. The van der Waals surface area contributed by atoms with E-state index in [1.54, 1.807) is 25.3 Å². The molecule has 0 atom stereocenters. The van der Waals surface area contributed by atoms with Crippen LogP contribution >= 0.6 is 11.6 Å². The van der Waals surface area contributed by atoms with Gasteiger partial charge < -0.3 is 25.0 Å². The number of methoxy groups -OCH3 is 1. The van der Waals surface area contributed by atoms with Crippen LogP contribution in [0.15, 0.2) is 48.7 Å². The number of para-hydroxylation sites is 1. The van der Waals surface area contributed by atoms with Crippen molar-refractivity contribution >= 4 is 50.3 Å². The van der Waals surface area contributed by atoms with Crippen LogP contribution in [-0.4, -0.2) is 82.1 Å². The number of nitrogens with zero attached hydrogens (tertiary/aromatic N) is 4. The average Bonchev–Trinajstić information content (AvgIpc) is 2.96. The van der Waals surface area contributed by atoms with Crippen molar-refractivity contribution in [1.82, 2.24) is 14.9 Å². The first-order valence-electron chi connectivity index (χ1n) is 13.4. The fourth-order valence-electron chi connectivity index (χ4n) is 5.23. The minimum absolute atomic E-state index is 0.0988. The zero-order chi connectivity index (χ0) is 28.1. The molecule has 2 saturated heterocycles. The molecule has 2 aromatic carbocycles. The minimum Gasteiger partial charge on any atom is -0.494 e. The molecule has 0 unspecified atom stereocenters. The van der Waals surface area contributed by atoms with Gasteiger partial charge in [0.1, 0.15) is 10.8 Å². The molecule has 40 heavy (non-hydrogen) atoms. The van der Waals surface area contributed by atoms with E-state index in [0.29, 0.717) is 39.8 Å². The Kier molecular flexibility index (Phi) is 8.94. The number of ether oxygens (including phenoxy) is 2. The van der Waals surface area contributed by atoms with Crippen LogP contribution in [0.3, 0.4) is 0 Å². The molecule has 5 rings (SSSR count). The lowest BCUT2D eigenvalue weighted by atomic mass is 10.0. The van der Waals surface area contributed by atoms with Crippen molar-refractivity contribution < 1.29 is 17.9 Å². The van der Waals surface area contributed by atoms with E-state index in [1.165, 1.54) is 12.5 Å². The van der Waals surface area contributed by atoms with Crippen LogP contribution in [0.1, 0.15) is 18.4 Å². The number of sulfone groups is 1. The molecule has 2 aliphatic rings. The van der Waals surface area contributed by atoms with Gasteiger partial charge in [-0.15, -0.1) is 0 Å². The summed E-state index contributed by atoms with van der Waals surface area (Å²) in [5.41, 5.74) is 3.07. The van der Waals surface area contributed by atoms with Crippen LogP contribution in [0.4, 0.5) is 28.8 Å². The Morgan fingerprint density at radius 2 is 1.80 bits per heavy atom. The molecule has 1 aromatic heterocycles. The molecule has 0 radical (unpaired) electrons. The molecule has 0 amide bonds. The molecule has 10 nitrogen and oxygen atoms in total. The predicted molar refractivity (Wildman–Crippen MR) is 159 cm³/mol. The summed E-state index contributed by atoms with van der Waals surface area (Å²) in [6.45, 7) is 5.70. The van der Waals surface area contributed by atoms with E-state index in [-0.39, 0.29) is 5.75 Å². The zero-order valence-corrected chi connectivity index (χ0v) is 24.3. The van der Waals surface area contributed by atoms with E-state index in [4.69, 9.17) is 21.1 Å². The SMILES string of the molecule is COc1cc(N2CCC(N3CCOCC3)CC2)ccc1Nc1ncc(Cl)c(Nc2ccccc2CS(C)(=O)=O)n1. The van der Waals surface area contributed by atoms with Gasteiger partial charge in [-0.3, -0.25) is 4.90 Å². The van der Waals surface area contributed by atoms with Crippen molar-refractivity contribution in [1.29, 1.82) is 0 Å². The van der Waals surface area contributed by atoms with Crippen LogP contribution < -0.4 is 20.3 Å². The van der Waals surface area contributed by atoms with E-state index in [9.17, 15) is 8.42 Å². The van der Waals surface area contributed by atoms with Gasteiger partial charge in [0.05, 0.1) is 38.0 Å². The van der Waals surface area contributed by atoms with Crippen molar-refractivity contribution in [2.24, 2.45) is 0 Å². The summed E-state index contributed by atoms with van der Waals surface area (Å²) >= 11 is 6.39. The number of piperidine rings is 1. The smallest absolute Gasteiger partial charge is 0.229 e. The van der Waals surface area contributed by atoms with E-state index in [2.05, 4.69) is 36.5 Å². The highest BCUT2D eigenvalue weighted by atomic mass is 35.5. The van der Waals surface area contributed by atoms with E-state index < -0.39 is 9.84 Å². The second-order valence-corrected chi connectivity index (χ2v) is 12.7. The van der Waals surface area contributed by atoms with Gasteiger partial charge in [0.2, 0.25) is 5.95 Å². The molecule has 0 saturated carbocycles. The number of rotatable bonds is 9. The first-order valence-corrected chi connectivity index (χ1v) is 15.8. The Labute approximate surface area is 240 Å². The molecule has 214 valence electrons. The van der Waals surface area contributed by atoms with Crippen LogP contribution in [0.2, 0.25) is 5.02 Å². The first-order chi connectivity index (χ1) is 19.3. The predicted octanol–water partition coefficient (Wildman–Crippen LogP) is 4.47. The number of hydrogen-bond donors (Lipinski definition) is 2. The molecule has 0 aliphatic carbocycles.